The van der Waals surface area contributed by atoms with Crippen molar-refractivity contribution in [1.82, 2.24) is 14.8 Å². The minimum atomic E-state index is -0.921. The van der Waals surface area contributed by atoms with Crippen molar-refractivity contribution in [2.24, 2.45) is 0 Å². The summed E-state index contributed by atoms with van der Waals surface area (Å²) in [5.74, 6) is -0.550. The molecule has 1 N–H and O–H groups in total. The molecule has 0 amide bonds. The number of fused-ring (bicyclic) bond motifs is 1. The van der Waals surface area contributed by atoms with Gasteiger partial charge < -0.3 is 5.11 Å². The van der Waals surface area contributed by atoms with Gasteiger partial charge in [0.1, 0.15) is 0 Å². The third kappa shape index (κ3) is 2.69. The van der Waals surface area contributed by atoms with E-state index in [0.29, 0.717) is 22.8 Å². The number of aromatic carboxylic acids is 1. The van der Waals surface area contributed by atoms with Gasteiger partial charge in [-0.3, -0.25) is 0 Å². The Morgan fingerprint density at radius 3 is 2.64 bits per heavy atom. The lowest BCUT2D eigenvalue weighted by molar-refractivity contribution is 0.0699. The molecule has 0 aliphatic heterocycles. The van der Waals surface area contributed by atoms with Crippen LogP contribution in [0.3, 0.4) is 0 Å². The Labute approximate surface area is 146 Å². The van der Waals surface area contributed by atoms with Crippen LogP contribution >= 0.6 is 0 Å². The molecule has 1 unspecified atom stereocenters. The monoisotopic (exact) mass is 335 g/mol. The number of benzene rings is 1. The summed E-state index contributed by atoms with van der Waals surface area (Å²) in [6.07, 6.45) is 3.07. The molecular formula is C20H21N3O2. The number of hydrogen-bond acceptors (Lipinski definition) is 3. The Morgan fingerprint density at radius 1 is 1.32 bits per heavy atom. The van der Waals surface area contributed by atoms with E-state index in [1.54, 1.807) is 6.07 Å². The molecule has 1 atom stereocenters. The number of carboxylic acid groups (broad SMARTS) is 1. The molecule has 1 saturated carbocycles. The fourth-order valence-corrected chi connectivity index (χ4v) is 3.21. The smallest absolute Gasteiger partial charge is 0.336 e. The van der Waals surface area contributed by atoms with Crippen molar-refractivity contribution in [1.29, 1.82) is 0 Å². The molecule has 2 aromatic heterocycles. The largest absolute Gasteiger partial charge is 0.478 e. The van der Waals surface area contributed by atoms with Crippen LogP contribution in [-0.2, 0) is 0 Å². The minimum absolute atomic E-state index is 0.176. The van der Waals surface area contributed by atoms with Gasteiger partial charge in [-0.1, -0.05) is 37.3 Å². The van der Waals surface area contributed by atoms with Crippen LogP contribution in [0.1, 0.15) is 61.1 Å². The Bertz CT molecular complexity index is 942. The normalized spacial score (nSPS) is 15.4. The van der Waals surface area contributed by atoms with E-state index in [1.807, 2.05) is 35.0 Å². The summed E-state index contributed by atoms with van der Waals surface area (Å²) in [6, 6.07) is 11.6. The average Bonchev–Trinajstić information content (AvgIpc) is 3.41. The lowest BCUT2D eigenvalue weighted by Crippen LogP contribution is -2.07. The molecule has 0 radical (unpaired) electrons. The van der Waals surface area contributed by atoms with Crippen LogP contribution in [0.4, 0.5) is 0 Å². The zero-order valence-corrected chi connectivity index (χ0v) is 14.4. The van der Waals surface area contributed by atoms with E-state index in [-0.39, 0.29) is 6.04 Å². The molecule has 5 nitrogen and oxygen atoms in total. The summed E-state index contributed by atoms with van der Waals surface area (Å²) >= 11 is 0. The maximum atomic E-state index is 12.0. The molecule has 1 fully saturated rings. The van der Waals surface area contributed by atoms with E-state index in [9.17, 15) is 9.90 Å². The van der Waals surface area contributed by atoms with Gasteiger partial charge in [0.25, 0.3) is 0 Å². The lowest BCUT2D eigenvalue weighted by atomic mass is 10.0. The molecule has 1 aliphatic rings. The molecule has 128 valence electrons. The van der Waals surface area contributed by atoms with E-state index in [0.717, 1.165) is 35.9 Å². The standard InChI is InChI=1S/C20H21N3O2/c1-3-12(2)23-19-17(18(22-23)14-9-10-14)15(20(24)25)11-16(21-19)13-7-5-4-6-8-13/h4-8,11-12,14H,3,9-10H2,1-2H3,(H,24,25). The number of hydrogen-bond donors (Lipinski definition) is 1. The number of aromatic nitrogens is 3. The Hall–Kier alpha value is -2.69. The predicted molar refractivity (Wildman–Crippen MR) is 96.9 cm³/mol. The van der Waals surface area contributed by atoms with Crippen molar-refractivity contribution in [2.45, 2.75) is 45.1 Å². The zero-order chi connectivity index (χ0) is 17.6. The Kier molecular flexibility index (Phi) is 3.79. The molecule has 2 heterocycles. The highest BCUT2D eigenvalue weighted by molar-refractivity contribution is 6.04. The SMILES string of the molecule is CCC(C)n1nc(C2CC2)c2c(C(=O)O)cc(-c3ccccc3)nc21. The zero-order valence-electron chi connectivity index (χ0n) is 14.4. The first kappa shape index (κ1) is 15.8. The van der Waals surface area contributed by atoms with Gasteiger partial charge in [0.2, 0.25) is 0 Å². The molecule has 0 saturated heterocycles. The van der Waals surface area contributed by atoms with Crippen molar-refractivity contribution in [3.05, 3.63) is 47.7 Å². The van der Waals surface area contributed by atoms with Crippen molar-refractivity contribution < 1.29 is 9.90 Å². The summed E-state index contributed by atoms with van der Waals surface area (Å²) in [4.78, 5) is 16.8. The maximum Gasteiger partial charge on any atom is 0.336 e. The van der Waals surface area contributed by atoms with Gasteiger partial charge in [-0.05, 0) is 32.3 Å². The highest BCUT2D eigenvalue weighted by Crippen LogP contribution is 2.44. The van der Waals surface area contributed by atoms with Crippen molar-refractivity contribution in [3.63, 3.8) is 0 Å². The molecular weight excluding hydrogens is 314 g/mol. The second-order valence-electron chi connectivity index (χ2n) is 6.79. The number of pyridine rings is 1. The number of nitrogens with zero attached hydrogens (tertiary/aromatic N) is 3. The molecule has 0 bridgehead atoms. The fraction of sp³-hybridized carbons (Fsp3) is 0.350. The van der Waals surface area contributed by atoms with Crippen LogP contribution in [0, 0.1) is 0 Å². The van der Waals surface area contributed by atoms with Crippen molar-refractivity contribution in [3.8, 4) is 11.3 Å². The first-order valence-corrected chi connectivity index (χ1v) is 8.82. The molecule has 5 heteroatoms. The minimum Gasteiger partial charge on any atom is -0.478 e. The van der Waals surface area contributed by atoms with Crippen molar-refractivity contribution >= 4 is 17.0 Å². The van der Waals surface area contributed by atoms with E-state index >= 15 is 0 Å². The average molecular weight is 335 g/mol. The highest BCUT2D eigenvalue weighted by atomic mass is 16.4. The molecule has 4 rings (SSSR count). The molecule has 3 aromatic rings. The fourth-order valence-electron chi connectivity index (χ4n) is 3.21. The first-order chi connectivity index (χ1) is 12.1. The number of carboxylic acids is 1. The summed E-state index contributed by atoms with van der Waals surface area (Å²) in [7, 11) is 0. The second kappa shape index (κ2) is 5.99. The number of rotatable bonds is 5. The van der Waals surface area contributed by atoms with Gasteiger partial charge >= 0.3 is 5.97 Å². The predicted octanol–water partition coefficient (Wildman–Crippen LogP) is 4.64. The first-order valence-electron chi connectivity index (χ1n) is 8.82. The van der Waals surface area contributed by atoms with Crippen LogP contribution in [0.15, 0.2) is 36.4 Å². The van der Waals surface area contributed by atoms with Gasteiger partial charge in [-0.2, -0.15) is 5.10 Å². The van der Waals surface area contributed by atoms with Gasteiger partial charge in [0, 0.05) is 11.5 Å². The lowest BCUT2D eigenvalue weighted by Gasteiger charge is -2.11. The van der Waals surface area contributed by atoms with Crippen LogP contribution in [0.25, 0.3) is 22.3 Å². The third-order valence-electron chi connectivity index (χ3n) is 4.96. The summed E-state index contributed by atoms with van der Waals surface area (Å²) < 4.78 is 1.92. The molecule has 1 aromatic carbocycles. The topological polar surface area (TPSA) is 68.0 Å². The second-order valence-corrected chi connectivity index (χ2v) is 6.79. The maximum absolute atomic E-state index is 12.0. The van der Waals surface area contributed by atoms with Gasteiger partial charge in [0.05, 0.1) is 28.4 Å². The highest BCUT2D eigenvalue weighted by Gasteiger charge is 2.32. The van der Waals surface area contributed by atoms with E-state index < -0.39 is 5.97 Å². The molecule has 0 spiro atoms. The van der Waals surface area contributed by atoms with Gasteiger partial charge in [-0.25, -0.2) is 14.5 Å². The molecule has 25 heavy (non-hydrogen) atoms. The number of carbonyl (C=O) groups is 1. The van der Waals surface area contributed by atoms with Crippen molar-refractivity contribution in [2.75, 3.05) is 0 Å². The van der Waals surface area contributed by atoms with E-state index in [4.69, 9.17) is 10.1 Å². The van der Waals surface area contributed by atoms with Crippen LogP contribution in [0.2, 0.25) is 0 Å². The van der Waals surface area contributed by atoms with E-state index in [2.05, 4.69) is 13.8 Å². The quantitative estimate of drug-likeness (QED) is 0.737. The summed E-state index contributed by atoms with van der Waals surface area (Å²) in [6.45, 7) is 4.20. The van der Waals surface area contributed by atoms with Crippen LogP contribution in [0.5, 0.6) is 0 Å². The van der Waals surface area contributed by atoms with Crippen LogP contribution in [-0.4, -0.2) is 25.8 Å². The van der Waals surface area contributed by atoms with E-state index in [1.165, 1.54) is 0 Å². The van der Waals surface area contributed by atoms with Gasteiger partial charge in [-0.15, -0.1) is 0 Å². The Balaban J connectivity index is 2.04. The summed E-state index contributed by atoms with van der Waals surface area (Å²) in [5, 5.41) is 15.3. The summed E-state index contributed by atoms with van der Waals surface area (Å²) in [5.41, 5.74) is 3.49. The van der Waals surface area contributed by atoms with Gasteiger partial charge in [0.15, 0.2) is 5.65 Å². The van der Waals surface area contributed by atoms with Crippen LogP contribution < -0.4 is 0 Å². The third-order valence-corrected chi connectivity index (χ3v) is 4.96. The Morgan fingerprint density at radius 2 is 2.04 bits per heavy atom. The molecule has 1 aliphatic carbocycles.